The molecule has 3 heteroatoms. The lowest BCUT2D eigenvalue weighted by atomic mass is 9.65. The van der Waals surface area contributed by atoms with Crippen LogP contribution in [-0.4, -0.2) is 24.5 Å². The maximum Gasteiger partial charge on any atom is 0.230 e. The Morgan fingerprint density at radius 3 is 2.45 bits per heavy atom. The van der Waals surface area contributed by atoms with E-state index in [0.29, 0.717) is 5.91 Å². The maximum absolute atomic E-state index is 12.5. The molecule has 1 aliphatic heterocycles. The molecule has 0 N–H and O–H groups in total. The molecule has 0 bridgehead atoms. The van der Waals surface area contributed by atoms with E-state index in [0.717, 1.165) is 37.6 Å². The molecule has 1 heterocycles. The Hall–Kier alpha value is -1.51. The summed E-state index contributed by atoms with van der Waals surface area (Å²) in [6, 6.07) is 8.00. The second kappa shape index (κ2) is 5.12. The smallest absolute Gasteiger partial charge is 0.230 e. The van der Waals surface area contributed by atoms with E-state index in [9.17, 15) is 4.79 Å². The summed E-state index contributed by atoms with van der Waals surface area (Å²) < 4.78 is 5.16. The largest absolute Gasteiger partial charge is 0.497 e. The monoisotopic (exact) mass is 273 g/mol. The number of likely N-dealkylation sites (tertiary alicyclic amines) is 1. The molecule has 1 saturated heterocycles. The van der Waals surface area contributed by atoms with Gasteiger partial charge in [-0.05, 0) is 49.3 Å². The molecule has 1 spiro atoms. The van der Waals surface area contributed by atoms with Gasteiger partial charge in [0.2, 0.25) is 5.91 Å². The van der Waals surface area contributed by atoms with Crippen molar-refractivity contribution in [1.82, 2.24) is 4.90 Å². The molecule has 3 rings (SSSR count). The van der Waals surface area contributed by atoms with Crippen LogP contribution in [0.3, 0.4) is 0 Å². The first-order chi connectivity index (χ1) is 9.63. The van der Waals surface area contributed by atoms with Crippen LogP contribution in [0.5, 0.6) is 5.75 Å². The van der Waals surface area contributed by atoms with Crippen LogP contribution in [0.1, 0.15) is 38.2 Å². The fraction of sp³-hybridized carbons (Fsp3) is 0.588. The number of amides is 1. The highest BCUT2D eigenvalue weighted by molar-refractivity contribution is 5.88. The predicted octanol–water partition coefficient (Wildman–Crippen LogP) is 3.23. The van der Waals surface area contributed by atoms with Crippen LogP contribution in [0, 0.1) is 11.3 Å². The van der Waals surface area contributed by atoms with Crippen LogP contribution in [0.15, 0.2) is 24.3 Å². The van der Waals surface area contributed by atoms with Crippen LogP contribution in [0.2, 0.25) is 0 Å². The standard InChI is InChI=1S/C17H23NO2/c1-13-7-9-17(10-8-13)12-18(16(17)19)11-14-3-5-15(20-2)6-4-14/h3-6,13H,7-12H2,1-2H3. The fourth-order valence-corrected chi connectivity index (χ4v) is 3.51. The summed E-state index contributed by atoms with van der Waals surface area (Å²) in [5.74, 6) is 2.03. The third kappa shape index (κ3) is 2.30. The van der Waals surface area contributed by atoms with Crippen molar-refractivity contribution < 1.29 is 9.53 Å². The number of hydrogen-bond donors (Lipinski definition) is 0. The van der Waals surface area contributed by atoms with Gasteiger partial charge in [-0.2, -0.15) is 0 Å². The summed E-state index contributed by atoms with van der Waals surface area (Å²) in [6.45, 7) is 3.98. The number of β-lactam (4-membered cyclic amide) rings is 1. The van der Waals surface area contributed by atoms with Crippen LogP contribution in [0.4, 0.5) is 0 Å². The Labute approximate surface area is 120 Å². The summed E-state index contributed by atoms with van der Waals surface area (Å²) in [7, 11) is 1.67. The molecule has 1 amide bonds. The molecule has 1 aliphatic carbocycles. The summed E-state index contributed by atoms with van der Waals surface area (Å²) in [5.41, 5.74) is 1.18. The van der Waals surface area contributed by atoms with Gasteiger partial charge in [0.15, 0.2) is 0 Å². The van der Waals surface area contributed by atoms with E-state index < -0.39 is 0 Å². The Balaban J connectivity index is 1.59. The van der Waals surface area contributed by atoms with Crippen molar-refractivity contribution in [3.63, 3.8) is 0 Å². The van der Waals surface area contributed by atoms with Gasteiger partial charge in [-0.25, -0.2) is 0 Å². The predicted molar refractivity (Wildman–Crippen MR) is 78.5 cm³/mol. The fourth-order valence-electron chi connectivity index (χ4n) is 3.51. The third-order valence-electron chi connectivity index (χ3n) is 5.00. The molecule has 1 aromatic rings. The van der Waals surface area contributed by atoms with Gasteiger partial charge in [0, 0.05) is 13.1 Å². The first-order valence-electron chi connectivity index (χ1n) is 7.55. The van der Waals surface area contributed by atoms with E-state index in [4.69, 9.17) is 4.74 Å². The van der Waals surface area contributed by atoms with Gasteiger partial charge in [-0.3, -0.25) is 4.79 Å². The van der Waals surface area contributed by atoms with Gasteiger partial charge in [0.05, 0.1) is 12.5 Å². The Morgan fingerprint density at radius 2 is 1.90 bits per heavy atom. The van der Waals surface area contributed by atoms with Crippen LogP contribution >= 0.6 is 0 Å². The molecular weight excluding hydrogens is 250 g/mol. The number of rotatable bonds is 3. The molecular formula is C17H23NO2. The first-order valence-corrected chi connectivity index (χ1v) is 7.55. The highest BCUT2D eigenvalue weighted by atomic mass is 16.5. The SMILES string of the molecule is COc1ccc(CN2CC3(CCC(C)CC3)C2=O)cc1. The van der Waals surface area contributed by atoms with Gasteiger partial charge in [0.1, 0.15) is 5.75 Å². The maximum atomic E-state index is 12.5. The normalized spacial score (nSPS) is 29.4. The summed E-state index contributed by atoms with van der Waals surface area (Å²) in [5, 5.41) is 0. The van der Waals surface area contributed by atoms with Gasteiger partial charge in [-0.1, -0.05) is 19.1 Å². The molecule has 108 valence electrons. The molecule has 0 radical (unpaired) electrons. The van der Waals surface area contributed by atoms with Crippen molar-refractivity contribution in [1.29, 1.82) is 0 Å². The number of hydrogen-bond acceptors (Lipinski definition) is 2. The third-order valence-corrected chi connectivity index (χ3v) is 5.00. The quantitative estimate of drug-likeness (QED) is 0.791. The number of nitrogens with zero attached hydrogens (tertiary/aromatic N) is 1. The Kier molecular flexibility index (Phi) is 3.45. The van der Waals surface area contributed by atoms with Crippen LogP contribution in [0.25, 0.3) is 0 Å². The van der Waals surface area contributed by atoms with Gasteiger partial charge >= 0.3 is 0 Å². The minimum atomic E-state index is -0.00101. The summed E-state index contributed by atoms with van der Waals surface area (Å²) >= 11 is 0. The number of methoxy groups -OCH3 is 1. The number of carbonyl (C=O) groups is 1. The first kappa shape index (κ1) is 13.5. The molecule has 0 unspecified atom stereocenters. The number of ether oxygens (including phenoxy) is 1. The highest BCUT2D eigenvalue weighted by Crippen LogP contribution is 2.46. The molecule has 2 aliphatic rings. The van der Waals surface area contributed by atoms with Gasteiger partial charge in [-0.15, -0.1) is 0 Å². The molecule has 2 fully saturated rings. The molecule has 0 aromatic heterocycles. The van der Waals surface area contributed by atoms with E-state index >= 15 is 0 Å². The lowest BCUT2D eigenvalue weighted by Gasteiger charge is -2.52. The molecule has 1 saturated carbocycles. The Morgan fingerprint density at radius 1 is 1.25 bits per heavy atom. The minimum Gasteiger partial charge on any atom is -0.497 e. The zero-order valence-electron chi connectivity index (χ0n) is 12.4. The van der Waals surface area contributed by atoms with E-state index in [1.807, 2.05) is 29.2 Å². The lowest BCUT2D eigenvalue weighted by molar-refractivity contribution is -0.165. The zero-order valence-corrected chi connectivity index (χ0v) is 12.4. The van der Waals surface area contributed by atoms with Crippen LogP contribution in [-0.2, 0) is 11.3 Å². The van der Waals surface area contributed by atoms with Crippen molar-refractivity contribution in [2.75, 3.05) is 13.7 Å². The molecule has 1 aromatic carbocycles. The van der Waals surface area contributed by atoms with Crippen molar-refractivity contribution in [2.24, 2.45) is 11.3 Å². The zero-order chi connectivity index (χ0) is 14.2. The van der Waals surface area contributed by atoms with Crippen molar-refractivity contribution in [2.45, 2.75) is 39.2 Å². The second-order valence-electron chi connectivity index (χ2n) is 6.47. The van der Waals surface area contributed by atoms with E-state index in [1.54, 1.807) is 7.11 Å². The summed E-state index contributed by atoms with van der Waals surface area (Å²) in [6.07, 6.45) is 4.60. The molecule has 0 atom stereocenters. The van der Waals surface area contributed by atoms with E-state index in [1.165, 1.54) is 18.4 Å². The number of carbonyl (C=O) groups excluding carboxylic acids is 1. The average molecular weight is 273 g/mol. The van der Waals surface area contributed by atoms with Crippen molar-refractivity contribution in [3.05, 3.63) is 29.8 Å². The molecule has 3 nitrogen and oxygen atoms in total. The van der Waals surface area contributed by atoms with Crippen molar-refractivity contribution >= 4 is 5.91 Å². The summed E-state index contributed by atoms with van der Waals surface area (Å²) in [4.78, 5) is 14.5. The van der Waals surface area contributed by atoms with E-state index in [-0.39, 0.29) is 5.41 Å². The van der Waals surface area contributed by atoms with Gasteiger partial charge in [0.25, 0.3) is 0 Å². The Bertz CT molecular complexity index is 486. The topological polar surface area (TPSA) is 29.5 Å². The average Bonchev–Trinajstić information content (AvgIpc) is 2.49. The number of benzene rings is 1. The van der Waals surface area contributed by atoms with Crippen molar-refractivity contribution in [3.8, 4) is 5.75 Å². The lowest BCUT2D eigenvalue weighted by Crippen LogP contribution is -2.61. The van der Waals surface area contributed by atoms with E-state index in [2.05, 4.69) is 6.92 Å². The second-order valence-corrected chi connectivity index (χ2v) is 6.47. The molecule has 20 heavy (non-hydrogen) atoms. The van der Waals surface area contributed by atoms with Crippen LogP contribution < -0.4 is 4.74 Å². The van der Waals surface area contributed by atoms with Gasteiger partial charge < -0.3 is 9.64 Å². The minimum absolute atomic E-state index is 0.00101. The highest BCUT2D eigenvalue weighted by Gasteiger charge is 2.52.